The Morgan fingerprint density at radius 2 is 1.79 bits per heavy atom. The summed E-state index contributed by atoms with van der Waals surface area (Å²) in [4.78, 5) is 18.3. The molecule has 29 heavy (non-hydrogen) atoms. The lowest BCUT2D eigenvalue weighted by atomic mass is 9.98. The normalized spacial score (nSPS) is 14.0. The Kier molecular flexibility index (Phi) is 4.85. The van der Waals surface area contributed by atoms with E-state index in [0.717, 1.165) is 11.1 Å². The number of thiazole rings is 1. The van der Waals surface area contributed by atoms with Crippen LogP contribution >= 0.6 is 11.3 Å². The Morgan fingerprint density at radius 3 is 2.45 bits per heavy atom. The van der Waals surface area contributed by atoms with Gasteiger partial charge in [-0.15, -0.1) is 11.3 Å². The van der Waals surface area contributed by atoms with Crippen molar-refractivity contribution < 1.29 is 27.4 Å². The molecular weight excluding hydrogens is 405 g/mol. The third-order valence-corrected chi connectivity index (χ3v) is 5.95. The number of alkyl halides is 3. The largest absolute Gasteiger partial charge is 0.493 e. The molecule has 3 aromatic rings. The van der Waals surface area contributed by atoms with Crippen molar-refractivity contribution in [2.45, 2.75) is 19.1 Å². The molecule has 0 radical (unpaired) electrons. The minimum atomic E-state index is -4.50. The van der Waals surface area contributed by atoms with Crippen LogP contribution < -0.4 is 9.47 Å². The molecule has 0 N–H and O–H groups in total. The van der Waals surface area contributed by atoms with E-state index in [4.69, 9.17) is 9.47 Å². The quantitative estimate of drug-likeness (QED) is 0.622. The smallest absolute Gasteiger partial charge is 0.443 e. The molecular formula is C20H17F3N2O3S. The summed E-state index contributed by atoms with van der Waals surface area (Å²) in [6, 6.07) is 8.23. The number of rotatable bonds is 3. The number of carbonyl (C=O) groups is 1. The van der Waals surface area contributed by atoms with E-state index in [-0.39, 0.29) is 11.4 Å². The van der Waals surface area contributed by atoms with Gasteiger partial charge < -0.3 is 14.4 Å². The van der Waals surface area contributed by atoms with Crippen LogP contribution in [0.3, 0.4) is 0 Å². The fourth-order valence-corrected chi connectivity index (χ4v) is 4.29. The third kappa shape index (κ3) is 3.62. The summed E-state index contributed by atoms with van der Waals surface area (Å²) in [5.41, 5.74) is 2.62. The number of halogens is 3. The van der Waals surface area contributed by atoms with Crippen LogP contribution in [0, 0.1) is 0 Å². The van der Waals surface area contributed by atoms with Gasteiger partial charge in [0.2, 0.25) is 0 Å². The lowest BCUT2D eigenvalue weighted by Crippen LogP contribution is -2.36. The van der Waals surface area contributed by atoms with E-state index < -0.39 is 11.2 Å². The summed E-state index contributed by atoms with van der Waals surface area (Å²) in [6.45, 7) is 0.902. The van der Waals surface area contributed by atoms with E-state index in [1.165, 1.54) is 18.2 Å². The highest BCUT2D eigenvalue weighted by atomic mass is 32.1. The lowest BCUT2D eigenvalue weighted by Gasteiger charge is -2.29. The van der Waals surface area contributed by atoms with Crippen molar-refractivity contribution >= 4 is 27.5 Å². The second kappa shape index (κ2) is 7.22. The predicted octanol–water partition coefficient (Wildman–Crippen LogP) is 4.53. The molecule has 5 nitrogen and oxygen atoms in total. The van der Waals surface area contributed by atoms with Gasteiger partial charge in [-0.25, -0.2) is 4.98 Å². The highest BCUT2D eigenvalue weighted by Crippen LogP contribution is 2.36. The summed E-state index contributed by atoms with van der Waals surface area (Å²) in [7, 11) is 3.12. The van der Waals surface area contributed by atoms with Gasteiger partial charge in [-0.1, -0.05) is 0 Å². The van der Waals surface area contributed by atoms with Crippen LogP contribution in [-0.4, -0.2) is 36.6 Å². The van der Waals surface area contributed by atoms with E-state index in [0.29, 0.717) is 52.6 Å². The fourth-order valence-electron chi connectivity index (χ4n) is 3.42. The van der Waals surface area contributed by atoms with Gasteiger partial charge in [0.1, 0.15) is 0 Å². The van der Waals surface area contributed by atoms with Gasteiger partial charge in [0, 0.05) is 18.7 Å². The van der Waals surface area contributed by atoms with Gasteiger partial charge in [0.25, 0.3) is 5.91 Å². The average molecular weight is 422 g/mol. The number of amides is 1. The van der Waals surface area contributed by atoms with Crippen LogP contribution in [0.25, 0.3) is 10.2 Å². The first-order valence-electron chi connectivity index (χ1n) is 8.81. The molecule has 1 aliphatic rings. The summed E-state index contributed by atoms with van der Waals surface area (Å²) in [5.74, 6) is 1.00. The van der Waals surface area contributed by atoms with Crippen LogP contribution in [0.5, 0.6) is 11.5 Å². The van der Waals surface area contributed by atoms with Crippen molar-refractivity contribution in [3.8, 4) is 11.5 Å². The topological polar surface area (TPSA) is 51.7 Å². The number of fused-ring (bicyclic) bond motifs is 2. The van der Waals surface area contributed by atoms with Crippen LogP contribution in [0.2, 0.25) is 0 Å². The van der Waals surface area contributed by atoms with Gasteiger partial charge in [0.15, 0.2) is 16.5 Å². The van der Waals surface area contributed by atoms with Crippen molar-refractivity contribution in [3.05, 3.63) is 52.0 Å². The van der Waals surface area contributed by atoms with E-state index >= 15 is 0 Å². The van der Waals surface area contributed by atoms with Crippen molar-refractivity contribution in [2.75, 3.05) is 20.8 Å². The zero-order chi connectivity index (χ0) is 20.8. The molecule has 0 spiro atoms. The number of benzene rings is 2. The highest BCUT2D eigenvalue weighted by molar-refractivity contribution is 7.18. The first-order valence-corrected chi connectivity index (χ1v) is 9.62. The van der Waals surface area contributed by atoms with Crippen LogP contribution in [0.1, 0.15) is 26.5 Å². The van der Waals surface area contributed by atoms with E-state index in [1.54, 1.807) is 19.1 Å². The molecule has 9 heteroatoms. The number of nitrogens with zero attached hydrogens (tertiary/aromatic N) is 2. The third-order valence-electron chi connectivity index (χ3n) is 4.88. The lowest BCUT2D eigenvalue weighted by molar-refractivity contribution is -0.137. The van der Waals surface area contributed by atoms with Gasteiger partial charge >= 0.3 is 6.18 Å². The number of methoxy groups -OCH3 is 2. The minimum Gasteiger partial charge on any atom is -0.493 e. The molecule has 1 aromatic heterocycles. The molecule has 0 saturated heterocycles. The molecule has 4 rings (SSSR count). The van der Waals surface area contributed by atoms with Crippen molar-refractivity contribution in [2.24, 2.45) is 0 Å². The van der Waals surface area contributed by atoms with Crippen molar-refractivity contribution in [1.82, 2.24) is 9.88 Å². The summed E-state index contributed by atoms with van der Waals surface area (Å²) >= 11 is 0.543. The van der Waals surface area contributed by atoms with Gasteiger partial charge in [0.05, 0.1) is 24.4 Å². The molecule has 0 atom stereocenters. The Labute approximate surface area is 168 Å². The maximum Gasteiger partial charge on any atom is 0.443 e. The van der Waals surface area contributed by atoms with E-state index in [2.05, 4.69) is 4.98 Å². The maximum absolute atomic E-state index is 13.0. The fraction of sp³-hybridized carbons (Fsp3) is 0.300. The van der Waals surface area contributed by atoms with Crippen LogP contribution in [0.15, 0.2) is 30.3 Å². The Bertz CT molecular complexity index is 1090. The SMILES string of the molecule is COc1cc2c(cc1OC)CN(C(=O)c1ccc3nc(C(F)(F)F)sc3c1)CC2. The number of aromatic nitrogens is 1. The monoisotopic (exact) mass is 422 g/mol. The second-order valence-electron chi connectivity index (χ2n) is 6.65. The Morgan fingerprint density at radius 1 is 1.10 bits per heavy atom. The van der Waals surface area contributed by atoms with E-state index in [1.807, 2.05) is 12.1 Å². The number of ether oxygens (including phenoxy) is 2. The standard InChI is InChI=1S/C20H17F3N2O3S/c1-27-15-7-11-5-6-25(10-13(11)8-16(15)28-2)18(26)12-3-4-14-17(9-12)29-19(24-14)20(21,22)23/h3-4,7-9H,5-6,10H2,1-2H3. The molecule has 2 heterocycles. The second-order valence-corrected chi connectivity index (χ2v) is 7.68. The van der Waals surface area contributed by atoms with Crippen molar-refractivity contribution in [1.29, 1.82) is 0 Å². The van der Waals surface area contributed by atoms with Crippen molar-refractivity contribution in [3.63, 3.8) is 0 Å². The van der Waals surface area contributed by atoms with Gasteiger partial charge in [-0.05, 0) is 47.9 Å². The zero-order valence-corrected chi connectivity index (χ0v) is 16.5. The maximum atomic E-state index is 13.0. The predicted molar refractivity (Wildman–Crippen MR) is 103 cm³/mol. The van der Waals surface area contributed by atoms with Gasteiger partial charge in [-0.3, -0.25) is 4.79 Å². The zero-order valence-electron chi connectivity index (χ0n) is 15.7. The summed E-state index contributed by atoms with van der Waals surface area (Å²) in [5, 5.41) is -0.912. The molecule has 1 amide bonds. The summed E-state index contributed by atoms with van der Waals surface area (Å²) < 4.78 is 49.7. The average Bonchev–Trinajstić information content (AvgIpc) is 3.15. The molecule has 0 aliphatic carbocycles. The Hall–Kier alpha value is -2.81. The molecule has 0 saturated carbocycles. The van der Waals surface area contributed by atoms with Crippen LogP contribution in [0.4, 0.5) is 13.2 Å². The van der Waals surface area contributed by atoms with Crippen LogP contribution in [-0.2, 0) is 19.1 Å². The Balaban J connectivity index is 1.60. The molecule has 0 unspecified atom stereocenters. The highest BCUT2D eigenvalue weighted by Gasteiger charge is 2.35. The first-order chi connectivity index (χ1) is 13.8. The number of hydrogen-bond acceptors (Lipinski definition) is 5. The molecule has 0 fully saturated rings. The number of carbonyl (C=O) groups excluding carboxylic acids is 1. The molecule has 0 bridgehead atoms. The molecule has 1 aliphatic heterocycles. The van der Waals surface area contributed by atoms with E-state index in [9.17, 15) is 18.0 Å². The minimum absolute atomic E-state index is 0.228. The number of hydrogen-bond donors (Lipinski definition) is 0. The summed E-state index contributed by atoms with van der Waals surface area (Å²) in [6.07, 6.45) is -3.84. The van der Waals surface area contributed by atoms with Gasteiger partial charge in [-0.2, -0.15) is 13.2 Å². The molecule has 152 valence electrons. The first kappa shape index (κ1) is 19.5. The molecule has 2 aromatic carbocycles.